The lowest BCUT2D eigenvalue weighted by Gasteiger charge is -2.20. The molecule has 2 aromatic rings. The maximum Gasteiger partial charge on any atom is 0.248 e. The molecule has 1 N–H and O–H groups in total. The Morgan fingerprint density at radius 2 is 1.88 bits per heavy atom. The molecule has 26 heavy (non-hydrogen) atoms. The number of hydrogen-bond donors (Lipinski definition) is 1. The van der Waals surface area contributed by atoms with Gasteiger partial charge >= 0.3 is 0 Å². The molecule has 2 rings (SSSR count). The van der Waals surface area contributed by atoms with Crippen molar-refractivity contribution in [2.24, 2.45) is 0 Å². The number of amides is 1. The van der Waals surface area contributed by atoms with E-state index in [1.165, 1.54) is 11.6 Å². The molecule has 0 atom stereocenters. The Hall–Kier alpha value is -1.59. The number of carbonyl (C=O) groups excluding carboxylic acids is 1. The van der Waals surface area contributed by atoms with Crippen LogP contribution in [0.3, 0.4) is 0 Å². The maximum absolute atomic E-state index is 12.3. The number of nitrogens with one attached hydrogen (secondary N) is 1. The molecule has 0 saturated carbocycles. The lowest BCUT2D eigenvalue weighted by atomic mass is 9.87. The average molecular weight is 481 g/mol. The van der Waals surface area contributed by atoms with Gasteiger partial charge in [-0.2, -0.15) is 0 Å². The summed E-state index contributed by atoms with van der Waals surface area (Å²) in [5.41, 5.74) is 2.85. The fraction of sp³-hybridized carbons (Fsp3) is 0.286. The predicted octanol–water partition coefficient (Wildman–Crippen LogP) is 6.56. The van der Waals surface area contributed by atoms with Crippen LogP contribution in [0.1, 0.15) is 38.8 Å². The van der Waals surface area contributed by atoms with Crippen molar-refractivity contribution in [2.75, 3.05) is 11.9 Å². The summed E-state index contributed by atoms with van der Waals surface area (Å²) in [6, 6.07) is 11.7. The van der Waals surface area contributed by atoms with Crippen LogP contribution in [0.25, 0.3) is 6.08 Å². The van der Waals surface area contributed by atoms with E-state index < -0.39 is 0 Å². The quantitative estimate of drug-likeness (QED) is 0.492. The first-order chi connectivity index (χ1) is 12.2. The van der Waals surface area contributed by atoms with Gasteiger partial charge in [0.05, 0.1) is 12.3 Å². The molecule has 0 heterocycles. The lowest BCUT2D eigenvalue weighted by molar-refractivity contribution is -0.111. The number of ether oxygens (including phenoxy) is 1. The highest BCUT2D eigenvalue weighted by Crippen LogP contribution is 2.30. The minimum Gasteiger partial charge on any atom is -0.493 e. The van der Waals surface area contributed by atoms with Gasteiger partial charge in [0.1, 0.15) is 5.75 Å². The highest BCUT2D eigenvalue weighted by atomic mass is 79.9. The largest absolute Gasteiger partial charge is 0.493 e. The van der Waals surface area contributed by atoms with Crippen LogP contribution in [0.5, 0.6) is 5.75 Å². The Balaban J connectivity index is 2.14. The molecule has 0 aliphatic heterocycles. The Labute approximate surface area is 172 Å². The maximum atomic E-state index is 12.3. The number of hydrogen-bond acceptors (Lipinski definition) is 2. The summed E-state index contributed by atoms with van der Waals surface area (Å²) in [5, 5.41) is 2.90. The Morgan fingerprint density at radius 3 is 2.50 bits per heavy atom. The molecular formula is C21H23Br2NO2. The van der Waals surface area contributed by atoms with Crippen molar-refractivity contribution in [3.05, 3.63) is 62.5 Å². The van der Waals surface area contributed by atoms with Gasteiger partial charge in [0.15, 0.2) is 0 Å². The van der Waals surface area contributed by atoms with Gasteiger partial charge in [-0.05, 0) is 70.2 Å². The molecule has 0 spiro atoms. The summed E-state index contributed by atoms with van der Waals surface area (Å²) in [6.07, 6.45) is 3.26. The van der Waals surface area contributed by atoms with Crippen LogP contribution >= 0.6 is 31.9 Å². The molecule has 5 heteroatoms. The molecule has 0 aliphatic carbocycles. The van der Waals surface area contributed by atoms with Crippen molar-refractivity contribution < 1.29 is 9.53 Å². The lowest BCUT2D eigenvalue weighted by Crippen LogP contribution is -2.12. The molecule has 2 aromatic carbocycles. The molecule has 1 amide bonds. The zero-order valence-electron chi connectivity index (χ0n) is 15.4. The summed E-state index contributed by atoms with van der Waals surface area (Å²) < 4.78 is 7.39. The second-order valence-electron chi connectivity index (χ2n) is 6.88. The third kappa shape index (κ3) is 5.71. The SMILES string of the molecule is CCOc1ccc(Br)cc1/C=C/C(=O)Nc1ccc(C(C)(C)C)cc1Br. The van der Waals surface area contributed by atoms with Crippen molar-refractivity contribution in [2.45, 2.75) is 33.1 Å². The smallest absolute Gasteiger partial charge is 0.248 e. The van der Waals surface area contributed by atoms with Crippen LogP contribution in [-0.2, 0) is 10.2 Å². The highest BCUT2D eigenvalue weighted by molar-refractivity contribution is 9.10. The molecular weight excluding hydrogens is 458 g/mol. The third-order valence-corrected chi connectivity index (χ3v) is 4.93. The highest BCUT2D eigenvalue weighted by Gasteiger charge is 2.15. The summed E-state index contributed by atoms with van der Waals surface area (Å²) in [7, 11) is 0. The van der Waals surface area contributed by atoms with Crippen LogP contribution in [0, 0.1) is 0 Å². The van der Waals surface area contributed by atoms with Crippen molar-refractivity contribution >= 4 is 49.5 Å². The van der Waals surface area contributed by atoms with E-state index >= 15 is 0 Å². The molecule has 0 aliphatic rings. The number of anilines is 1. The monoisotopic (exact) mass is 479 g/mol. The van der Waals surface area contributed by atoms with Crippen LogP contribution in [0.2, 0.25) is 0 Å². The van der Waals surface area contributed by atoms with Gasteiger partial charge in [-0.15, -0.1) is 0 Å². The van der Waals surface area contributed by atoms with Gasteiger partial charge in [-0.3, -0.25) is 4.79 Å². The molecule has 3 nitrogen and oxygen atoms in total. The van der Waals surface area contributed by atoms with Gasteiger partial charge in [0.25, 0.3) is 0 Å². The van der Waals surface area contributed by atoms with Gasteiger partial charge in [-0.25, -0.2) is 0 Å². The Bertz CT molecular complexity index is 823. The molecule has 0 radical (unpaired) electrons. The number of halogens is 2. The fourth-order valence-corrected chi connectivity index (χ4v) is 3.22. The fourth-order valence-electron chi connectivity index (χ4n) is 2.36. The van der Waals surface area contributed by atoms with Crippen LogP contribution in [0.15, 0.2) is 51.4 Å². The van der Waals surface area contributed by atoms with E-state index in [9.17, 15) is 4.79 Å². The summed E-state index contributed by atoms with van der Waals surface area (Å²) in [5.74, 6) is 0.548. The number of benzene rings is 2. The molecule has 0 bridgehead atoms. The van der Waals surface area contributed by atoms with E-state index in [1.807, 2.05) is 43.3 Å². The normalized spacial score (nSPS) is 11.6. The van der Waals surface area contributed by atoms with Crippen LogP contribution in [-0.4, -0.2) is 12.5 Å². The summed E-state index contributed by atoms with van der Waals surface area (Å²) in [4.78, 5) is 12.3. The molecule has 138 valence electrons. The minimum absolute atomic E-state index is 0.0569. The van der Waals surface area contributed by atoms with Crippen molar-refractivity contribution in [1.29, 1.82) is 0 Å². The van der Waals surface area contributed by atoms with E-state index in [-0.39, 0.29) is 11.3 Å². The van der Waals surface area contributed by atoms with E-state index in [0.717, 1.165) is 25.9 Å². The number of rotatable bonds is 5. The predicted molar refractivity (Wildman–Crippen MR) is 116 cm³/mol. The van der Waals surface area contributed by atoms with Crippen LogP contribution < -0.4 is 10.1 Å². The summed E-state index contributed by atoms with van der Waals surface area (Å²) >= 11 is 6.99. The molecule has 0 unspecified atom stereocenters. The van der Waals surface area contributed by atoms with E-state index in [4.69, 9.17) is 4.74 Å². The van der Waals surface area contributed by atoms with Crippen molar-refractivity contribution in [3.8, 4) is 5.75 Å². The van der Waals surface area contributed by atoms with E-state index in [0.29, 0.717) is 6.61 Å². The topological polar surface area (TPSA) is 38.3 Å². The first kappa shape index (κ1) is 20.7. The molecule has 0 aromatic heterocycles. The van der Waals surface area contributed by atoms with Gasteiger partial charge < -0.3 is 10.1 Å². The Kier molecular flexibility index (Phi) is 7.07. The summed E-state index contributed by atoms with van der Waals surface area (Å²) in [6.45, 7) is 8.97. The minimum atomic E-state index is -0.198. The van der Waals surface area contributed by atoms with Gasteiger partial charge in [0, 0.05) is 20.6 Å². The average Bonchev–Trinajstić information content (AvgIpc) is 2.56. The molecule has 0 saturated heterocycles. The number of carbonyl (C=O) groups is 1. The molecule has 0 fully saturated rings. The van der Waals surface area contributed by atoms with Crippen molar-refractivity contribution in [3.63, 3.8) is 0 Å². The standard InChI is InChI=1S/C21H23Br2NO2/c1-5-26-19-10-8-16(22)12-14(19)6-11-20(25)24-18-9-7-15(13-17(18)23)21(2,3)4/h6-13H,5H2,1-4H3,(H,24,25)/b11-6+. The van der Waals surface area contributed by atoms with Gasteiger partial charge in [0.2, 0.25) is 5.91 Å². The van der Waals surface area contributed by atoms with Crippen molar-refractivity contribution in [1.82, 2.24) is 0 Å². The van der Waals surface area contributed by atoms with Crippen LogP contribution in [0.4, 0.5) is 5.69 Å². The first-order valence-corrected chi connectivity index (χ1v) is 10.0. The zero-order valence-corrected chi connectivity index (χ0v) is 18.6. The zero-order chi connectivity index (χ0) is 19.3. The van der Waals surface area contributed by atoms with E-state index in [1.54, 1.807) is 6.08 Å². The second kappa shape index (κ2) is 8.87. The first-order valence-electron chi connectivity index (χ1n) is 8.42. The Morgan fingerprint density at radius 1 is 1.15 bits per heavy atom. The van der Waals surface area contributed by atoms with Gasteiger partial charge in [-0.1, -0.05) is 42.8 Å². The third-order valence-electron chi connectivity index (χ3n) is 3.78. The van der Waals surface area contributed by atoms with E-state index in [2.05, 4.69) is 57.9 Å². The second-order valence-corrected chi connectivity index (χ2v) is 8.65.